The topological polar surface area (TPSA) is 44.5 Å². The van der Waals surface area contributed by atoms with E-state index >= 15 is 0 Å². The second-order valence-corrected chi connectivity index (χ2v) is 4.08. The summed E-state index contributed by atoms with van der Waals surface area (Å²) in [6.07, 6.45) is 0.0975. The van der Waals surface area contributed by atoms with E-state index in [0.29, 0.717) is 18.2 Å². The van der Waals surface area contributed by atoms with Crippen LogP contribution in [-0.4, -0.2) is 24.8 Å². The highest BCUT2D eigenvalue weighted by atomic mass is 32.1. The predicted octanol–water partition coefficient (Wildman–Crippen LogP) is 1.87. The summed E-state index contributed by atoms with van der Waals surface area (Å²) in [5.41, 5.74) is 7.49. The van der Waals surface area contributed by atoms with Crippen molar-refractivity contribution in [2.24, 2.45) is 5.73 Å². The summed E-state index contributed by atoms with van der Waals surface area (Å²) in [5.74, 6) is 0. The molecule has 1 aromatic rings. The van der Waals surface area contributed by atoms with E-state index in [1.807, 2.05) is 31.2 Å². The van der Waals surface area contributed by atoms with Crippen LogP contribution in [0.25, 0.3) is 0 Å². The summed E-state index contributed by atoms with van der Waals surface area (Å²) < 4.78 is 10.6. The molecule has 0 spiro atoms. The van der Waals surface area contributed by atoms with Gasteiger partial charge in [-0.2, -0.15) is 0 Å². The van der Waals surface area contributed by atoms with Crippen molar-refractivity contribution < 1.29 is 9.47 Å². The number of ether oxygens (including phenoxy) is 2. The number of benzene rings is 1. The Hall–Kier alpha value is -0.970. The lowest BCUT2D eigenvalue weighted by Crippen LogP contribution is -2.14. The van der Waals surface area contributed by atoms with Crippen LogP contribution in [0.5, 0.6) is 0 Å². The molecule has 0 saturated carbocycles. The Bertz CT molecular complexity index is 337. The van der Waals surface area contributed by atoms with Crippen molar-refractivity contribution in [1.29, 1.82) is 0 Å². The molecule has 3 nitrogen and oxygen atoms in total. The van der Waals surface area contributed by atoms with Crippen LogP contribution in [0.1, 0.15) is 18.1 Å². The summed E-state index contributed by atoms with van der Waals surface area (Å²) in [4.78, 5) is 0.417. The molecule has 1 rings (SSSR count). The first kappa shape index (κ1) is 13.1. The maximum atomic E-state index is 5.58. The van der Waals surface area contributed by atoms with E-state index < -0.39 is 0 Å². The minimum atomic E-state index is 0.0975. The average Bonchev–Trinajstić information content (AvgIpc) is 2.27. The van der Waals surface area contributed by atoms with Gasteiger partial charge in [0.1, 0.15) is 4.99 Å². The van der Waals surface area contributed by atoms with Crippen LogP contribution in [0.2, 0.25) is 0 Å². The molecule has 0 aliphatic heterocycles. The SMILES string of the molecule is COCC(C)OCc1ccc(C(N)=S)cc1. The van der Waals surface area contributed by atoms with Crippen LogP contribution < -0.4 is 5.73 Å². The summed E-state index contributed by atoms with van der Waals surface area (Å²) in [6.45, 7) is 3.15. The van der Waals surface area contributed by atoms with Gasteiger partial charge in [-0.1, -0.05) is 36.5 Å². The molecule has 0 amide bonds. The fourth-order valence-electron chi connectivity index (χ4n) is 1.29. The minimum Gasteiger partial charge on any atom is -0.389 e. The van der Waals surface area contributed by atoms with Crippen molar-refractivity contribution >= 4 is 17.2 Å². The zero-order valence-electron chi connectivity index (χ0n) is 9.60. The van der Waals surface area contributed by atoms with Crippen molar-refractivity contribution in [3.8, 4) is 0 Å². The summed E-state index contributed by atoms with van der Waals surface area (Å²) in [7, 11) is 1.66. The van der Waals surface area contributed by atoms with Gasteiger partial charge in [-0.15, -0.1) is 0 Å². The van der Waals surface area contributed by atoms with Gasteiger partial charge in [0.15, 0.2) is 0 Å². The molecule has 88 valence electrons. The predicted molar refractivity (Wildman–Crippen MR) is 68.5 cm³/mol. The zero-order chi connectivity index (χ0) is 12.0. The van der Waals surface area contributed by atoms with E-state index in [0.717, 1.165) is 11.1 Å². The van der Waals surface area contributed by atoms with Crippen molar-refractivity contribution in [2.75, 3.05) is 13.7 Å². The maximum Gasteiger partial charge on any atom is 0.103 e. The number of nitrogens with two attached hydrogens (primary N) is 1. The van der Waals surface area contributed by atoms with Crippen molar-refractivity contribution in [3.63, 3.8) is 0 Å². The monoisotopic (exact) mass is 239 g/mol. The van der Waals surface area contributed by atoms with Gasteiger partial charge in [0, 0.05) is 12.7 Å². The smallest absolute Gasteiger partial charge is 0.103 e. The number of hydrogen-bond donors (Lipinski definition) is 1. The molecule has 0 saturated heterocycles. The van der Waals surface area contributed by atoms with Crippen LogP contribution in [0.4, 0.5) is 0 Å². The van der Waals surface area contributed by atoms with E-state index in [-0.39, 0.29) is 6.10 Å². The van der Waals surface area contributed by atoms with Crippen LogP contribution in [-0.2, 0) is 16.1 Å². The van der Waals surface area contributed by atoms with Gasteiger partial charge in [-0.3, -0.25) is 0 Å². The molecule has 0 fully saturated rings. The Balaban J connectivity index is 2.46. The van der Waals surface area contributed by atoms with E-state index in [9.17, 15) is 0 Å². The zero-order valence-corrected chi connectivity index (χ0v) is 10.4. The standard InChI is InChI=1S/C12H17NO2S/c1-9(7-14-2)15-8-10-3-5-11(6-4-10)12(13)16/h3-6,9H,7-8H2,1-2H3,(H2,13,16). The van der Waals surface area contributed by atoms with Crippen LogP contribution in [0, 0.1) is 0 Å². The van der Waals surface area contributed by atoms with E-state index in [2.05, 4.69) is 0 Å². The normalized spacial score (nSPS) is 12.4. The molecular weight excluding hydrogens is 222 g/mol. The van der Waals surface area contributed by atoms with Gasteiger partial charge in [-0.25, -0.2) is 0 Å². The molecule has 0 aromatic heterocycles. The first-order chi connectivity index (χ1) is 7.63. The third-order valence-electron chi connectivity index (χ3n) is 2.17. The number of methoxy groups -OCH3 is 1. The molecule has 1 aromatic carbocycles. The van der Waals surface area contributed by atoms with Gasteiger partial charge >= 0.3 is 0 Å². The van der Waals surface area contributed by atoms with E-state index in [4.69, 9.17) is 27.4 Å². The Morgan fingerprint density at radius 2 is 2.00 bits per heavy atom. The number of rotatable bonds is 6. The lowest BCUT2D eigenvalue weighted by molar-refractivity contribution is -0.000125. The molecule has 0 heterocycles. The van der Waals surface area contributed by atoms with Gasteiger partial charge in [0.2, 0.25) is 0 Å². The van der Waals surface area contributed by atoms with Crippen molar-refractivity contribution in [3.05, 3.63) is 35.4 Å². The molecule has 4 heteroatoms. The highest BCUT2D eigenvalue weighted by Gasteiger charge is 2.02. The molecule has 0 aliphatic rings. The molecule has 0 radical (unpaired) electrons. The summed E-state index contributed by atoms with van der Waals surface area (Å²) in [5, 5.41) is 0. The van der Waals surface area contributed by atoms with Crippen molar-refractivity contribution in [2.45, 2.75) is 19.6 Å². The highest BCUT2D eigenvalue weighted by molar-refractivity contribution is 7.80. The first-order valence-electron chi connectivity index (χ1n) is 5.12. The quantitative estimate of drug-likeness (QED) is 0.770. The van der Waals surface area contributed by atoms with Gasteiger partial charge in [0.25, 0.3) is 0 Å². The average molecular weight is 239 g/mol. The van der Waals surface area contributed by atoms with Crippen LogP contribution >= 0.6 is 12.2 Å². The third-order valence-corrected chi connectivity index (χ3v) is 2.41. The van der Waals surface area contributed by atoms with Crippen LogP contribution in [0.15, 0.2) is 24.3 Å². The fourth-order valence-corrected chi connectivity index (χ4v) is 1.42. The second-order valence-electron chi connectivity index (χ2n) is 3.64. The van der Waals surface area contributed by atoms with E-state index in [1.54, 1.807) is 7.11 Å². The number of thiocarbonyl (C=S) groups is 1. The third kappa shape index (κ3) is 4.26. The molecule has 0 aliphatic carbocycles. The summed E-state index contributed by atoms with van der Waals surface area (Å²) >= 11 is 4.88. The highest BCUT2D eigenvalue weighted by Crippen LogP contribution is 2.07. The molecule has 1 atom stereocenters. The minimum absolute atomic E-state index is 0.0975. The lowest BCUT2D eigenvalue weighted by atomic mass is 10.1. The van der Waals surface area contributed by atoms with E-state index in [1.165, 1.54) is 0 Å². The van der Waals surface area contributed by atoms with Crippen molar-refractivity contribution in [1.82, 2.24) is 0 Å². The molecular formula is C12H17NO2S. The molecule has 16 heavy (non-hydrogen) atoms. The fraction of sp³-hybridized carbons (Fsp3) is 0.417. The Labute approximate surface area is 102 Å². The molecule has 0 bridgehead atoms. The molecule has 1 unspecified atom stereocenters. The van der Waals surface area contributed by atoms with Crippen LogP contribution in [0.3, 0.4) is 0 Å². The maximum absolute atomic E-state index is 5.58. The Morgan fingerprint density at radius 3 is 2.50 bits per heavy atom. The summed E-state index contributed by atoms with van der Waals surface area (Å²) in [6, 6.07) is 7.74. The van der Waals surface area contributed by atoms with Gasteiger partial charge in [-0.05, 0) is 12.5 Å². The van der Waals surface area contributed by atoms with Gasteiger partial charge < -0.3 is 15.2 Å². The Morgan fingerprint density at radius 1 is 1.38 bits per heavy atom. The number of hydrogen-bond acceptors (Lipinski definition) is 3. The molecule has 2 N–H and O–H groups in total. The lowest BCUT2D eigenvalue weighted by Gasteiger charge is -2.12. The Kier molecular flexibility index (Phi) is 5.38. The van der Waals surface area contributed by atoms with Gasteiger partial charge in [0.05, 0.1) is 19.3 Å². The first-order valence-corrected chi connectivity index (χ1v) is 5.53. The second kappa shape index (κ2) is 6.58. The largest absolute Gasteiger partial charge is 0.389 e.